The molecule has 0 aliphatic rings. The molecule has 2 heterocycles. The van der Waals surface area contributed by atoms with Crippen LogP contribution in [0.4, 0.5) is 4.39 Å². The smallest absolute Gasteiger partial charge is 0.137 e. The third kappa shape index (κ3) is 2.34. The maximum absolute atomic E-state index is 13.3. The fourth-order valence-corrected chi connectivity index (χ4v) is 2.95. The Balaban J connectivity index is 1.95. The molecule has 0 fully saturated rings. The molecule has 0 amide bonds. The van der Waals surface area contributed by atoms with Crippen molar-refractivity contribution < 1.29 is 13.9 Å². The van der Waals surface area contributed by atoms with Gasteiger partial charge >= 0.3 is 0 Å². The number of hydrogen-bond donors (Lipinski definition) is 1. The maximum Gasteiger partial charge on any atom is 0.137 e. The molecule has 0 radical (unpaired) electrons. The summed E-state index contributed by atoms with van der Waals surface area (Å²) in [7, 11) is 0. The number of aliphatic hydroxyl groups excluding tert-OH is 1. The lowest BCUT2D eigenvalue weighted by molar-refractivity contribution is 0.150. The van der Waals surface area contributed by atoms with Crippen molar-refractivity contribution in [1.82, 2.24) is 4.98 Å². The number of halogens is 1. The molecule has 2 aromatic heterocycles. The average Bonchev–Trinajstić information content (AvgIpc) is 2.94. The minimum absolute atomic E-state index is 0.308. The van der Waals surface area contributed by atoms with Gasteiger partial charge in [0.05, 0.1) is 10.7 Å². The number of aromatic nitrogens is 1. The van der Waals surface area contributed by atoms with Gasteiger partial charge in [-0.25, -0.2) is 9.37 Å². The molecule has 0 aliphatic heterocycles. The fourth-order valence-electron chi connectivity index (χ4n) is 2.32. The molecule has 104 valence electrons. The molecule has 3 nitrogen and oxygen atoms in total. The topological polar surface area (TPSA) is 46.3 Å². The summed E-state index contributed by atoms with van der Waals surface area (Å²) in [4.78, 5) is 4.33. The van der Waals surface area contributed by atoms with Crippen LogP contribution in [0.5, 0.6) is 0 Å². The summed E-state index contributed by atoms with van der Waals surface area (Å²) in [6.07, 6.45) is -0.375. The average molecular weight is 291 g/mol. The molecule has 0 saturated heterocycles. The number of fused-ring (bicyclic) bond motifs is 1. The van der Waals surface area contributed by atoms with Crippen LogP contribution in [0.25, 0.3) is 11.0 Å². The Morgan fingerprint density at radius 1 is 1.40 bits per heavy atom. The molecule has 1 aromatic carbocycles. The van der Waals surface area contributed by atoms with Gasteiger partial charge in [0.2, 0.25) is 0 Å². The quantitative estimate of drug-likeness (QED) is 0.795. The lowest BCUT2D eigenvalue weighted by Crippen LogP contribution is -2.02. The monoisotopic (exact) mass is 291 g/mol. The number of rotatable bonds is 3. The molecule has 0 bridgehead atoms. The molecule has 20 heavy (non-hydrogen) atoms. The zero-order valence-corrected chi connectivity index (χ0v) is 12.0. The number of benzene rings is 1. The summed E-state index contributed by atoms with van der Waals surface area (Å²) < 4.78 is 18.9. The second-order valence-electron chi connectivity index (χ2n) is 4.81. The highest BCUT2D eigenvalue weighted by Crippen LogP contribution is 2.31. The van der Waals surface area contributed by atoms with E-state index in [1.54, 1.807) is 17.4 Å². The summed E-state index contributed by atoms with van der Waals surface area (Å²) in [6, 6.07) is 4.36. The normalized spacial score (nSPS) is 13.0. The molecule has 1 atom stereocenters. The zero-order chi connectivity index (χ0) is 14.3. The summed E-state index contributed by atoms with van der Waals surface area (Å²) in [5.41, 5.74) is 2.21. The van der Waals surface area contributed by atoms with Crippen LogP contribution in [0.2, 0.25) is 0 Å². The van der Waals surface area contributed by atoms with Gasteiger partial charge in [0.15, 0.2) is 0 Å². The Morgan fingerprint density at radius 3 is 2.90 bits per heavy atom. The first-order chi connectivity index (χ1) is 9.54. The van der Waals surface area contributed by atoms with Crippen LogP contribution < -0.4 is 0 Å². The van der Waals surface area contributed by atoms with Crippen molar-refractivity contribution in [3.05, 3.63) is 51.4 Å². The van der Waals surface area contributed by atoms with Gasteiger partial charge in [-0.05, 0) is 32.0 Å². The first-order valence-corrected chi connectivity index (χ1v) is 7.20. The molecular weight excluding hydrogens is 277 g/mol. The Hall–Kier alpha value is -1.72. The van der Waals surface area contributed by atoms with E-state index < -0.39 is 6.10 Å². The van der Waals surface area contributed by atoms with E-state index in [9.17, 15) is 9.50 Å². The first-order valence-electron chi connectivity index (χ1n) is 6.32. The summed E-state index contributed by atoms with van der Waals surface area (Å²) in [6.45, 7) is 3.76. The molecule has 1 unspecified atom stereocenters. The van der Waals surface area contributed by atoms with E-state index >= 15 is 0 Å². The molecule has 0 saturated carbocycles. The van der Waals surface area contributed by atoms with Gasteiger partial charge in [-0.3, -0.25) is 0 Å². The predicted molar refractivity (Wildman–Crippen MR) is 76.4 cm³/mol. The number of hydrogen-bond acceptors (Lipinski definition) is 4. The van der Waals surface area contributed by atoms with Crippen molar-refractivity contribution in [2.75, 3.05) is 0 Å². The van der Waals surface area contributed by atoms with E-state index in [1.165, 1.54) is 12.1 Å². The van der Waals surface area contributed by atoms with Crippen molar-refractivity contribution in [2.45, 2.75) is 26.4 Å². The second kappa shape index (κ2) is 5.00. The summed E-state index contributed by atoms with van der Waals surface area (Å²) in [5, 5.41) is 13.9. The van der Waals surface area contributed by atoms with Crippen LogP contribution in [-0.4, -0.2) is 10.1 Å². The number of aliphatic hydroxyl groups is 1. The van der Waals surface area contributed by atoms with Crippen molar-refractivity contribution >= 4 is 22.3 Å². The van der Waals surface area contributed by atoms with Crippen molar-refractivity contribution in [1.29, 1.82) is 0 Å². The summed E-state index contributed by atoms with van der Waals surface area (Å²) in [5.74, 6) is 0.175. The van der Waals surface area contributed by atoms with Crippen LogP contribution in [0.3, 0.4) is 0 Å². The Morgan fingerprint density at radius 2 is 2.20 bits per heavy atom. The number of furan rings is 1. The van der Waals surface area contributed by atoms with Crippen LogP contribution >= 0.6 is 11.3 Å². The van der Waals surface area contributed by atoms with Gasteiger partial charge in [-0.2, -0.15) is 0 Å². The Kier molecular flexibility index (Phi) is 3.31. The summed E-state index contributed by atoms with van der Waals surface area (Å²) >= 11 is 1.55. The minimum Gasteiger partial charge on any atom is -0.458 e. The molecule has 0 aliphatic carbocycles. The van der Waals surface area contributed by atoms with E-state index in [1.807, 2.05) is 19.2 Å². The molecule has 1 N–H and O–H groups in total. The van der Waals surface area contributed by atoms with E-state index in [4.69, 9.17) is 4.42 Å². The van der Waals surface area contributed by atoms with Gasteiger partial charge in [-0.15, -0.1) is 11.3 Å². The number of aryl methyl sites for hydroxylation is 2. The van der Waals surface area contributed by atoms with E-state index in [0.717, 1.165) is 16.3 Å². The van der Waals surface area contributed by atoms with E-state index in [0.29, 0.717) is 23.2 Å². The van der Waals surface area contributed by atoms with Crippen LogP contribution in [0.15, 0.2) is 28.0 Å². The van der Waals surface area contributed by atoms with Crippen molar-refractivity contribution in [2.24, 2.45) is 0 Å². The third-order valence-corrected chi connectivity index (χ3v) is 4.13. The van der Waals surface area contributed by atoms with Gasteiger partial charge < -0.3 is 9.52 Å². The highest BCUT2D eigenvalue weighted by Gasteiger charge is 2.19. The largest absolute Gasteiger partial charge is 0.458 e. The maximum atomic E-state index is 13.3. The first kappa shape index (κ1) is 13.3. The van der Waals surface area contributed by atoms with Crippen LogP contribution in [0, 0.1) is 19.7 Å². The standard InChI is InChI=1S/C15H14FNO2S/c1-8-12-5-10(16)3-4-14(12)19-15(8)13(18)6-11-7-20-9(2)17-11/h3-5,7,13,18H,6H2,1-2H3. The van der Waals surface area contributed by atoms with Crippen molar-refractivity contribution in [3.8, 4) is 0 Å². The zero-order valence-electron chi connectivity index (χ0n) is 11.2. The number of thiazole rings is 1. The fraction of sp³-hybridized carbons (Fsp3) is 0.267. The van der Waals surface area contributed by atoms with Crippen LogP contribution in [-0.2, 0) is 6.42 Å². The lowest BCUT2D eigenvalue weighted by atomic mass is 10.1. The lowest BCUT2D eigenvalue weighted by Gasteiger charge is -2.06. The molecule has 5 heteroatoms. The van der Waals surface area contributed by atoms with E-state index in [-0.39, 0.29) is 5.82 Å². The van der Waals surface area contributed by atoms with E-state index in [2.05, 4.69) is 4.98 Å². The Labute approximate surface area is 119 Å². The molecule has 3 rings (SSSR count). The molecule has 3 aromatic rings. The number of nitrogens with zero attached hydrogens (tertiary/aromatic N) is 1. The van der Waals surface area contributed by atoms with Crippen molar-refractivity contribution in [3.63, 3.8) is 0 Å². The minimum atomic E-state index is -0.771. The van der Waals surface area contributed by atoms with Gasteiger partial charge in [-0.1, -0.05) is 0 Å². The highest BCUT2D eigenvalue weighted by molar-refractivity contribution is 7.09. The SMILES string of the molecule is Cc1nc(CC(O)c2oc3ccc(F)cc3c2C)cs1. The second-order valence-corrected chi connectivity index (χ2v) is 5.87. The molecular formula is C15H14FNO2S. The van der Waals surface area contributed by atoms with Crippen LogP contribution in [0.1, 0.15) is 28.1 Å². The van der Waals surface area contributed by atoms with Gasteiger partial charge in [0.1, 0.15) is 23.3 Å². The Bertz CT molecular complexity index is 762. The van der Waals surface area contributed by atoms with Gasteiger partial charge in [0, 0.05) is 22.8 Å². The van der Waals surface area contributed by atoms with Gasteiger partial charge in [0.25, 0.3) is 0 Å². The molecule has 0 spiro atoms. The third-order valence-electron chi connectivity index (χ3n) is 3.31. The predicted octanol–water partition coefficient (Wildman–Crippen LogP) is 3.92. The highest BCUT2D eigenvalue weighted by atomic mass is 32.1.